The van der Waals surface area contributed by atoms with Crippen LogP contribution in [0.4, 0.5) is 11.4 Å². The Labute approximate surface area is 138 Å². The summed E-state index contributed by atoms with van der Waals surface area (Å²) in [4.78, 5) is 12.1. The second-order valence-corrected chi connectivity index (χ2v) is 5.54. The van der Waals surface area contributed by atoms with Gasteiger partial charge in [0.05, 0.1) is 4.92 Å². The van der Waals surface area contributed by atoms with Crippen molar-refractivity contribution in [3.63, 3.8) is 0 Å². The second-order valence-electron chi connectivity index (χ2n) is 4.72. The lowest BCUT2D eigenvalue weighted by Gasteiger charge is -2.21. The summed E-state index contributed by atoms with van der Waals surface area (Å²) in [6.45, 7) is 0.635. The van der Waals surface area contributed by atoms with Gasteiger partial charge in [0.15, 0.2) is 5.11 Å². The number of nitrogens with zero attached hydrogens (tertiary/aromatic N) is 2. The van der Waals surface area contributed by atoms with Crippen molar-refractivity contribution in [3.05, 3.63) is 69.2 Å². The highest BCUT2D eigenvalue weighted by atomic mass is 35.5. The van der Waals surface area contributed by atoms with E-state index in [9.17, 15) is 10.1 Å². The van der Waals surface area contributed by atoms with E-state index in [0.29, 0.717) is 22.4 Å². The molecule has 0 aromatic heterocycles. The lowest BCUT2D eigenvalue weighted by molar-refractivity contribution is -0.384. The van der Waals surface area contributed by atoms with Crippen molar-refractivity contribution in [2.45, 2.75) is 6.54 Å². The molecule has 0 unspecified atom stereocenters. The number of nitro benzene ring substituents is 1. The molecule has 2 aromatic carbocycles. The number of non-ortho nitro benzene ring substituents is 1. The van der Waals surface area contributed by atoms with Crippen LogP contribution in [-0.4, -0.2) is 22.0 Å². The summed E-state index contributed by atoms with van der Waals surface area (Å²) < 4.78 is 0. The first-order valence-electron chi connectivity index (χ1n) is 6.47. The predicted molar refractivity (Wildman–Crippen MR) is 92.2 cm³/mol. The van der Waals surface area contributed by atoms with Crippen molar-refractivity contribution in [3.8, 4) is 0 Å². The van der Waals surface area contributed by atoms with E-state index in [4.69, 9.17) is 23.8 Å². The molecule has 2 rings (SSSR count). The molecule has 22 heavy (non-hydrogen) atoms. The number of halogens is 1. The molecule has 0 atom stereocenters. The molecule has 0 radical (unpaired) electrons. The number of hydrogen-bond donors (Lipinski definition) is 1. The molecule has 0 saturated carbocycles. The van der Waals surface area contributed by atoms with Crippen LogP contribution < -0.4 is 5.32 Å². The van der Waals surface area contributed by atoms with Gasteiger partial charge < -0.3 is 10.2 Å². The zero-order chi connectivity index (χ0) is 16.1. The zero-order valence-corrected chi connectivity index (χ0v) is 13.4. The van der Waals surface area contributed by atoms with Crippen LogP contribution >= 0.6 is 23.8 Å². The first-order valence-corrected chi connectivity index (χ1v) is 7.25. The average molecular weight is 336 g/mol. The van der Waals surface area contributed by atoms with Crippen LogP contribution in [0.2, 0.25) is 5.02 Å². The second kappa shape index (κ2) is 7.20. The Kier molecular flexibility index (Phi) is 5.30. The standard InChI is InChI=1S/C15H14ClN3O2S/c1-18(10-11-2-4-12(16)5-3-11)15(22)17-13-6-8-14(9-7-13)19(20)21/h2-9H,10H2,1H3,(H,17,22). The predicted octanol–water partition coefficient (Wildman–Crippen LogP) is 4.08. The third-order valence-electron chi connectivity index (χ3n) is 3.01. The maximum Gasteiger partial charge on any atom is 0.269 e. The number of nitrogens with one attached hydrogen (secondary N) is 1. The van der Waals surface area contributed by atoms with Crippen LogP contribution in [0.5, 0.6) is 0 Å². The van der Waals surface area contributed by atoms with Gasteiger partial charge in [-0.2, -0.15) is 0 Å². The normalized spacial score (nSPS) is 10.1. The summed E-state index contributed by atoms with van der Waals surface area (Å²) in [5.41, 5.74) is 1.84. The Bertz CT molecular complexity index is 674. The number of rotatable bonds is 4. The van der Waals surface area contributed by atoms with Gasteiger partial charge in [-0.1, -0.05) is 23.7 Å². The number of nitro groups is 1. The van der Waals surface area contributed by atoms with Gasteiger partial charge in [-0.05, 0) is 42.0 Å². The molecule has 0 aliphatic carbocycles. The number of hydrogen-bond acceptors (Lipinski definition) is 3. The Morgan fingerprint density at radius 1 is 1.23 bits per heavy atom. The highest BCUT2D eigenvalue weighted by molar-refractivity contribution is 7.80. The lowest BCUT2D eigenvalue weighted by Crippen LogP contribution is -2.30. The smallest absolute Gasteiger partial charge is 0.269 e. The Morgan fingerprint density at radius 2 is 1.82 bits per heavy atom. The molecule has 7 heteroatoms. The maximum absolute atomic E-state index is 10.6. The van der Waals surface area contributed by atoms with E-state index in [-0.39, 0.29) is 5.69 Å². The summed E-state index contributed by atoms with van der Waals surface area (Å²) in [6.07, 6.45) is 0. The quantitative estimate of drug-likeness (QED) is 0.518. The first kappa shape index (κ1) is 16.2. The third-order valence-corrected chi connectivity index (χ3v) is 3.67. The fraction of sp³-hybridized carbons (Fsp3) is 0.133. The van der Waals surface area contributed by atoms with Crippen molar-refractivity contribution in [2.75, 3.05) is 12.4 Å². The number of anilines is 1. The van der Waals surface area contributed by atoms with Crippen molar-refractivity contribution in [2.24, 2.45) is 0 Å². The highest BCUT2D eigenvalue weighted by Crippen LogP contribution is 2.16. The molecular weight excluding hydrogens is 322 g/mol. The summed E-state index contributed by atoms with van der Waals surface area (Å²) in [6, 6.07) is 13.7. The minimum atomic E-state index is -0.436. The van der Waals surface area contributed by atoms with Crippen LogP contribution in [0, 0.1) is 10.1 Å². The van der Waals surface area contributed by atoms with Crippen molar-refractivity contribution >= 4 is 40.3 Å². The molecule has 5 nitrogen and oxygen atoms in total. The fourth-order valence-electron chi connectivity index (χ4n) is 1.82. The van der Waals surface area contributed by atoms with Crippen molar-refractivity contribution in [1.29, 1.82) is 0 Å². The summed E-state index contributed by atoms with van der Waals surface area (Å²) in [5, 5.41) is 14.9. The van der Waals surface area contributed by atoms with Crippen LogP contribution in [0.1, 0.15) is 5.56 Å². The molecule has 0 heterocycles. The van der Waals surface area contributed by atoms with Crippen LogP contribution in [0.3, 0.4) is 0 Å². The molecule has 0 spiro atoms. The number of thiocarbonyl (C=S) groups is 1. The van der Waals surface area contributed by atoms with Crippen LogP contribution in [0.15, 0.2) is 48.5 Å². The van der Waals surface area contributed by atoms with Gasteiger partial charge in [-0.3, -0.25) is 10.1 Å². The van der Waals surface area contributed by atoms with Gasteiger partial charge >= 0.3 is 0 Å². The molecule has 1 N–H and O–H groups in total. The van der Waals surface area contributed by atoms with E-state index in [0.717, 1.165) is 5.56 Å². The summed E-state index contributed by atoms with van der Waals surface area (Å²) >= 11 is 11.2. The van der Waals surface area contributed by atoms with E-state index >= 15 is 0 Å². The van der Waals surface area contributed by atoms with E-state index in [1.807, 2.05) is 36.2 Å². The molecule has 114 valence electrons. The van der Waals surface area contributed by atoms with E-state index in [1.54, 1.807) is 12.1 Å². The average Bonchev–Trinajstić information content (AvgIpc) is 2.50. The molecule has 2 aromatic rings. The molecule has 0 bridgehead atoms. The molecule has 0 saturated heterocycles. The molecule has 0 fully saturated rings. The van der Waals surface area contributed by atoms with Crippen molar-refractivity contribution in [1.82, 2.24) is 4.90 Å². The van der Waals surface area contributed by atoms with Gasteiger partial charge in [0.2, 0.25) is 0 Å². The summed E-state index contributed by atoms with van der Waals surface area (Å²) in [5.74, 6) is 0. The summed E-state index contributed by atoms with van der Waals surface area (Å²) in [7, 11) is 1.87. The van der Waals surface area contributed by atoms with Gasteiger partial charge in [0.1, 0.15) is 0 Å². The van der Waals surface area contributed by atoms with Crippen molar-refractivity contribution < 1.29 is 4.92 Å². The lowest BCUT2D eigenvalue weighted by atomic mass is 10.2. The molecule has 0 amide bonds. The highest BCUT2D eigenvalue weighted by Gasteiger charge is 2.08. The van der Waals surface area contributed by atoms with Gasteiger partial charge in [-0.15, -0.1) is 0 Å². The monoisotopic (exact) mass is 335 g/mol. The van der Waals surface area contributed by atoms with Gasteiger partial charge in [0.25, 0.3) is 5.69 Å². The van der Waals surface area contributed by atoms with Crippen LogP contribution in [0.25, 0.3) is 0 Å². The largest absolute Gasteiger partial charge is 0.348 e. The van der Waals surface area contributed by atoms with Gasteiger partial charge in [-0.25, -0.2) is 0 Å². The number of benzene rings is 2. The maximum atomic E-state index is 10.6. The molecular formula is C15H14ClN3O2S. The Balaban J connectivity index is 1.95. The van der Waals surface area contributed by atoms with E-state index in [2.05, 4.69) is 5.32 Å². The topological polar surface area (TPSA) is 58.4 Å². The molecule has 0 aliphatic heterocycles. The Hall–Kier alpha value is -2.18. The fourth-order valence-corrected chi connectivity index (χ4v) is 2.13. The first-order chi connectivity index (χ1) is 10.5. The third kappa shape index (κ3) is 4.41. The zero-order valence-electron chi connectivity index (χ0n) is 11.8. The van der Waals surface area contributed by atoms with E-state index < -0.39 is 4.92 Å². The van der Waals surface area contributed by atoms with E-state index in [1.165, 1.54) is 12.1 Å². The minimum Gasteiger partial charge on any atom is -0.348 e. The molecule has 0 aliphatic rings. The SMILES string of the molecule is CN(Cc1ccc(Cl)cc1)C(=S)Nc1ccc([N+](=O)[O-])cc1. The van der Waals surface area contributed by atoms with Crippen LogP contribution in [-0.2, 0) is 6.54 Å². The van der Waals surface area contributed by atoms with Gasteiger partial charge in [0, 0.05) is 36.4 Å². The Morgan fingerprint density at radius 3 is 2.36 bits per heavy atom. The minimum absolute atomic E-state index is 0.0472.